The van der Waals surface area contributed by atoms with Crippen molar-refractivity contribution in [2.75, 3.05) is 0 Å². The molecule has 0 fully saturated rings. The minimum atomic E-state index is -0.196. The van der Waals surface area contributed by atoms with Crippen molar-refractivity contribution in [1.82, 2.24) is 5.43 Å². The van der Waals surface area contributed by atoms with Gasteiger partial charge in [0.25, 0.3) is 5.91 Å². The maximum absolute atomic E-state index is 12.2. The first-order valence-corrected chi connectivity index (χ1v) is 8.13. The van der Waals surface area contributed by atoms with E-state index in [2.05, 4.69) is 39.1 Å². The molecule has 0 saturated carbocycles. The Morgan fingerprint density at radius 1 is 1.41 bits per heavy atom. The first-order valence-electron chi connectivity index (χ1n) is 7.34. The van der Waals surface area contributed by atoms with Crippen LogP contribution >= 0.6 is 15.9 Å². The molecule has 0 heterocycles. The van der Waals surface area contributed by atoms with Crippen LogP contribution in [0.3, 0.4) is 0 Å². The van der Waals surface area contributed by atoms with Crippen molar-refractivity contribution in [2.24, 2.45) is 11.0 Å². The van der Waals surface area contributed by atoms with E-state index in [4.69, 9.17) is 0 Å². The minimum absolute atomic E-state index is 0.196. The third-order valence-corrected chi connectivity index (χ3v) is 4.88. The summed E-state index contributed by atoms with van der Waals surface area (Å²) in [6.07, 6.45) is 3.99. The van der Waals surface area contributed by atoms with E-state index in [9.17, 15) is 4.79 Å². The number of rotatable bonds is 3. The number of aryl methyl sites for hydroxylation is 1. The Morgan fingerprint density at radius 2 is 2.14 bits per heavy atom. The second kappa shape index (κ2) is 7.05. The molecule has 1 aromatic rings. The average Bonchev–Trinajstić information content (AvgIpc) is 2.48. The molecule has 1 aliphatic rings. The van der Waals surface area contributed by atoms with Gasteiger partial charge in [-0.25, -0.2) is 5.43 Å². The van der Waals surface area contributed by atoms with Crippen LogP contribution in [0.15, 0.2) is 51.6 Å². The number of carbonyl (C=O) groups excluding carboxylic acids is 1. The number of nitrogens with zero attached hydrogens (tertiary/aromatic N) is 1. The van der Waals surface area contributed by atoms with Crippen molar-refractivity contribution in [3.05, 3.63) is 57.6 Å². The van der Waals surface area contributed by atoms with Gasteiger partial charge in [-0.15, -0.1) is 0 Å². The van der Waals surface area contributed by atoms with Crippen LogP contribution < -0.4 is 5.43 Å². The van der Waals surface area contributed by atoms with E-state index in [-0.39, 0.29) is 5.91 Å². The molecule has 0 spiro atoms. The highest BCUT2D eigenvalue weighted by molar-refractivity contribution is 9.10. The largest absolute Gasteiger partial charge is 0.271 e. The van der Waals surface area contributed by atoms with Crippen molar-refractivity contribution in [2.45, 2.75) is 33.6 Å². The van der Waals surface area contributed by atoms with Crippen LogP contribution in [0.4, 0.5) is 0 Å². The topological polar surface area (TPSA) is 41.5 Å². The van der Waals surface area contributed by atoms with Gasteiger partial charge < -0.3 is 0 Å². The summed E-state index contributed by atoms with van der Waals surface area (Å²) < 4.78 is 0.920. The van der Waals surface area contributed by atoms with E-state index in [1.807, 2.05) is 32.9 Å². The maximum atomic E-state index is 12.2. The third-order valence-electron chi connectivity index (χ3n) is 4.03. The Hall–Kier alpha value is -1.68. The summed E-state index contributed by atoms with van der Waals surface area (Å²) in [7, 11) is 0. The standard InChI is InChI=1S/C18H21BrN2O/c1-11(2)14-7-6-13(4)17(10-14)20-21-18(22)15-8-5-12(3)16(19)9-15/h5-6,8-9,14H,1,7,10H2,2-4H3,(H,21,22)/b20-17+/t14-/m0/s1. The Kier molecular flexibility index (Phi) is 5.35. The van der Waals surface area contributed by atoms with E-state index in [0.29, 0.717) is 11.5 Å². The van der Waals surface area contributed by atoms with Crippen LogP contribution in [0.2, 0.25) is 0 Å². The highest BCUT2D eigenvalue weighted by Crippen LogP contribution is 2.26. The number of hydrogen-bond donors (Lipinski definition) is 1. The molecule has 1 N–H and O–H groups in total. The SMILES string of the molecule is C=C(C)[C@H]1CC=C(C)/C(=N/NC(=O)c2ccc(C)c(Br)c2)C1. The maximum Gasteiger partial charge on any atom is 0.271 e. The van der Waals surface area contributed by atoms with Crippen molar-refractivity contribution in [3.63, 3.8) is 0 Å². The quantitative estimate of drug-likeness (QED) is 0.611. The van der Waals surface area contributed by atoms with Crippen molar-refractivity contribution in [3.8, 4) is 0 Å². The molecule has 0 saturated heterocycles. The van der Waals surface area contributed by atoms with Crippen LogP contribution in [0.25, 0.3) is 0 Å². The molecule has 0 unspecified atom stereocenters. The van der Waals surface area contributed by atoms with Gasteiger partial charge in [0.15, 0.2) is 0 Å². The molecule has 4 heteroatoms. The monoisotopic (exact) mass is 360 g/mol. The van der Waals surface area contributed by atoms with Gasteiger partial charge in [0.1, 0.15) is 0 Å². The number of carbonyl (C=O) groups is 1. The summed E-state index contributed by atoms with van der Waals surface area (Å²) in [6, 6.07) is 5.52. The van der Waals surface area contributed by atoms with E-state index >= 15 is 0 Å². The lowest BCUT2D eigenvalue weighted by molar-refractivity contribution is 0.0954. The minimum Gasteiger partial charge on any atom is -0.267 e. The third kappa shape index (κ3) is 3.95. The van der Waals surface area contributed by atoms with Gasteiger partial charge in [0.2, 0.25) is 0 Å². The highest BCUT2D eigenvalue weighted by Gasteiger charge is 2.19. The molecule has 0 aliphatic heterocycles. The molecule has 2 rings (SSSR count). The molecule has 3 nitrogen and oxygen atoms in total. The zero-order valence-corrected chi connectivity index (χ0v) is 14.8. The van der Waals surface area contributed by atoms with Gasteiger partial charge in [-0.1, -0.05) is 40.2 Å². The predicted octanol–water partition coefficient (Wildman–Crippen LogP) is 4.78. The molecule has 1 aromatic carbocycles. The molecule has 0 bridgehead atoms. The smallest absolute Gasteiger partial charge is 0.267 e. The van der Waals surface area contributed by atoms with Gasteiger partial charge in [-0.05, 0) is 62.8 Å². The second-order valence-corrected chi connectivity index (χ2v) is 6.69. The first-order chi connectivity index (χ1) is 10.4. The summed E-state index contributed by atoms with van der Waals surface area (Å²) in [5.74, 6) is 0.214. The molecule has 116 valence electrons. The number of benzene rings is 1. The Morgan fingerprint density at radius 3 is 2.77 bits per heavy atom. The van der Waals surface area contributed by atoms with Crippen molar-refractivity contribution >= 4 is 27.5 Å². The van der Waals surface area contributed by atoms with Crippen LogP contribution in [-0.2, 0) is 0 Å². The molecule has 1 atom stereocenters. The molecular weight excluding hydrogens is 340 g/mol. The number of nitrogens with one attached hydrogen (secondary N) is 1. The predicted molar refractivity (Wildman–Crippen MR) is 95.1 cm³/mol. The lowest BCUT2D eigenvalue weighted by Crippen LogP contribution is -2.23. The number of halogens is 1. The van der Waals surface area contributed by atoms with Gasteiger partial charge in [0.05, 0.1) is 5.71 Å². The second-order valence-electron chi connectivity index (χ2n) is 5.83. The Balaban J connectivity index is 2.11. The van der Waals surface area contributed by atoms with Crippen LogP contribution in [0.1, 0.15) is 42.6 Å². The van der Waals surface area contributed by atoms with Crippen LogP contribution in [0, 0.1) is 12.8 Å². The van der Waals surface area contributed by atoms with Crippen LogP contribution in [-0.4, -0.2) is 11.6 Å². The fourth-order valence-corrected chi connectivity index (χ4v) is 2.72. The average molecular weight is 361 g/mol. The van der Waals surface area contributed by atoms with E-state index in [1.54, 1.807) is 6.07 Å². The summed E-state index contributed by atoms with van der Waals surface area (Å²) in [5, 5.41) is 4.32. The van der Waals surface area contributed by atoms with Crippen molar-refractivity contribution < 1.29 is 4.79 Å². The first kappa shape index (κ1) is 16.7. The van der Waals surface area contributed by atoms with Crippen molar-refractivity contribution in [1.29, 1.82) is 0 Å². The van der Waals surface area contributed by atoms with E-state index < -0.39 is 0 Å². The molecular formula is C18H21BrN2O. The Bertz CT molecular complexity index is 674. The summed E-state index contributed by atoms with van der Waals surface area (Å²) in [4.78, 5) is 12.2. The Labute approximate surface area is 140 Å². The summed E-state index contributed by atoms with van der Waals surface area (Å²) in [5.41, 5.74) is 7.57. The lowest BCUT2D eigenvalue weighted by atomic mass is 9.85. The molecule has 22 heavy (non-hydrogen) atoms. The number of allylic oxidation sites excluding steroid dienone is 3. The molecule has 1 amide bonds. The normalized spacial score (nSPS) is 19.7. The number of hydrazone groups is 1. The molecule has 0 aromatic heterocycles. The highest BCUT2D eigenvalue weighted by atomic mass is 79.9. The lowest BCUT2D eigenvalue weighted by Gasteiger charge is -2.22. The van der Waals surface area contributed by atoms with Gasteiger partial charge in [-0.3, -0.25) is 4.79 Å². The summed E-state index contributed by atoms with van der Waals surface area (Å²) in [6.45, 7) is 10.1. The molecule has 1 aliphatic carbocycles. The fourth-order valence-electron chi connectivity index (χ4n) is 2.34. The van der Waals surface area contributed by atoms with E-state index in [1.165, 1.54) is 0 Å². The van der Waals surface area contributed by atoms with Gasteiger partial charge >= 0.3 is 0 Å². The number of hydrogen-bond acceptors (Lipinski definition) is 2. The van der Waals surface area contributed by atoms with Gasteiger partial charge in [0, 0.05) is 10.0 Å². The van der Waals surface area contributed by atoms with Gasteiger partial charge in [-0.2, -0.15) is 5.10 Å². The fraction of sp³-hybridized carbons (Fsp3) is 0.333. The molecule has 0 radical (unpaired) electrons. The zero-order chi connectivity index (χ0) is 16.3. The van der Waals surface area contributed by atoms with E-state index in [0.717, 1.165) is 39.7 Å². The van der Waals surface area contributed by atoms with Crippen LogP contribution in [0.5, 0.6) is 0 Å². The zero-order valence-electron chi connectivity index (χ0n) is 13.2. The summed E-state index contributed by atoms with van der Waals surface area (Å²) >= 11 is 3.44. The number of amides is 1.